The van der Waals surface area contributed by atoms with Gasteiger partial charge in [-0.25, -0.2) is 4.79 Å². The van der Waals surface area contributed by atoms with E-state index in [-0.39, 0.29) is 12.1 Å². The molecule has 23 heavy (non-hydrogen) atoms. The molecule has 0 aliphatic carbocycles. The number of hydrogen-bond acceptors (Lipinski definition) is 3. The number of amides is 1. The summed E-state index contributed by atoms with van der Waals surface area (Å²) in [5.41, 5.74) is 1.90. The van der Waals surface area contributed by atoms with Crippen molar-refractivity contribution < 1.29 is 4.79 Å². The molecule has 4 rings (SSSR count). The summed E-state index contributed by atoms with van der Waals surface area (Å²) < 4.78 is 1.38. The Hall–Kier alpha value is -1.85. The van der Waals surface area contributed by atoms with Crippen molar-refractivity contribution in [3.05, 3.63) is 41.7 Å². The molecule has 0 radical (unpaired) electrons. The predicted octanol–water partition coefficient (Wildman–Crippen LogP) is 2.86. The van der Waals surface area contributed by atoms with E-state index in [2.05, 4.69) is 15.3 Å². The van der Waals surface area contributed by atoms with Gasteiger partial charge >= 0.3 is 6.03 Å². The molecule has 2 aliphatic rings. The average Bonchev–Trinajstić information content (AvgIpc) is 3.15. The molecule has 2 saturated heterocycles. The van der Waals surface area contributed by atoms with Crippen molar-refractivity contribution in [1.82, 2.24) is 20.0 Å². The molecule has 120 valence electrons. The number of rotatable bonds is 2. The van der Waals surface area contributed by atoms with Crippen LogP contribution in [0.25, 0.3) is 11.1 Å². The maximum Gasteiger partial charge on any atom is 0.342 e. The van der Waals surface area contributed by atoms with Crippen molar-refractivity contribution in [2.45, 2.75) is 18.9 Å². The number of nitrogens with one attached hydrogen (secondary N) is 1. The smallest absolute Gasteiger partial charge is 0.332 e. The largest absolute Gasteiger partial charge is 0.342 e. The molecule has 0 spiro atoms. The molecule has 1 unspecified atom stereocenters. The van der Waals surface area contributed by atoms with Gasteiger partial charge in [-0.2, -0.15) is 9.78 Å². The van der Waals surface area contributed by atoms with Crippen molar-refractivity contribution in [2.24, 2.45) is 5.92 Å². The van der Waals surface area contributed by atoms with Gasteiger partial charge in [0.25, 0.3) is 0 Å². The van der Waals surface area contributed by atoms with E-state index in [1.54, 1.807) is 12.4 Å². The minimum atomic E-state index is -0.155. The molecule has 1 aromatic heterocycles. The van der Waals surface area contributed by atoms with Gasteiger partial charge in [0.05, 0.1) is 6.20 Å². The van der Waals surface area contributed by atoms with Crippen LogP contribution in [0.2, 0.25) is 5.02 Å². The second kappa shape index (κ2) is 5.98. The Bertz CT molecular complexity index is 700. The van der Waals surface area contributed by atoms with Crippen LogP contribution in [0.1, 0.15) is 12.8 Å². The first-order chi connectivity index (χ1) is 11.2. The lowest BCUT2D eigenvalue weighted by atomic mass is 9.97. The lowest BCUT2D eigenvalue weighted by molar-refractivity contribution is 0.204. The van der Waals surface area contributed by atoms with Crippen LogP contribution in [0.3, 0.4) is 0 Å². The second-order valence-corrected chi connectivity index (χ2v) is 6.91. The third-order valence-electron chi connectivity index (χ3n) is 4.76. The highest BCUT2D eigenvalue weighted by molar-refractivity contribution is 6.30. The quantitative estimate of drug-likeness (QED) is 0.921. The van der Waals surface area contributed by atoms with Crippen molar-refractivity contribution >= 4 is 17.6 Å². The third kappa shape index (κ3) is 3.12. The van der Waals surface area contributed by atoms with Crippen LogP contribution in [0.15, 0.2) is 36.7 Å². The molecule has 1 N–H and O–H groups in total. The Morgan fingerprint density at radius 1 is 1.22 bits per heavy atom. The van der Waals surface area contributed by atoms with Crippen LogP contribution >= 0.6 is 11.6 Å². The Labute approximate surface area is 140 Å². The summed E-state index contributed by atoms with van der Waals surface area (Å²) in [6.07, 6.45) is 5.80. The molecule has 2 aliphatic heterocycles. The first-order valence-corrected chi connectivity index (χ1v) is 8.39. The number of halogens is 1. The molecular weight excluding hydrogens is 312 g/mol. The third-order valence-corrected chi connectivity index (χ3v) is 5.01. The Balaban J connectivity index is 1.44. The maximum absolute atomic E-state index is 12.4. The van der Waals surface area contributed by atoms with Crippen LogP contribution in [-0.4, -0.2) is 46.4 Å². The zero-order chi connectivity index (χ0) is 15.8. The van der Waals surface area contributed by atoms with Gasteiger partial charge in [-0.1, -0.05) is 23.7 Å². The first kappa shape index (κ1) is 14.7. The summed E-state index contributed by atoms with van der Waals surface area (Å²) in [5.74, 6) is 0.733. The van der Waals surface area contributed by atoms with Gasteiger partial charge in [0.1, 0.15) is 0 Å². The molecular formula is C17H19ClN4O. The predicted molar refractivity (Wildman–Crippen MR) is 89.6 cm³/mol. The second-order valence-electron chi connectivity index (χ2n) is 6.48. The SMILES string of the molecule is O=C(N[C@@H]1C[C@H]2CCN(C2)C1)n1cc(-c2ccc(Cl)cc2)cn1. The fraction of sp³-hybridized carbons (Fsp3) is 0.412. The minimum absolute atomic E-state index is 0.155. The fourth-order valence-corrected chi connectivity index (χ4v) is 3.76. The number of carbonyl (C=O) groups is 1. The molecule has 2 fully saturated rings. The van der Waals surface area contributed by atoms with Crippen molar-refractivity contribution in [3.8, 4) is 11.1 Å². The summed E-state index contributed by atoms with van der Waals surface area (Å²) in [6, 6.07) is 7.59. The number of fused-ring (bicyclic) bond motifs is 2. The number of benzene rings is 1. The normalized spacial score (nSPS) is 26.2. The van der Waals surface area contributed by atoms with Crippen LogP contribution in [-0.2, 0) is 0 Å². The standard InChI is InChI=1S/C17H19ClN4O/c18-15-3-1-13(2-4-15)14-8-19-22(10-14)17(23)20-16-7-12-5-6-21(9-12)11-16/h1-4,8,10,12,16H,5-7,9,11H2,(H,20,23)/t12-,16-/m1/s1. The summed E-state index contributed by atoms with van der Waals surface area (Å²) in [7, 11) is 0. The topological polar surface area (TPSA) is 50.2 Å². The van der Waals surface area contributed by atoms with Crippen LogP contribution in [0, 0.1) is 5.92 Å². The van der Waals surface area contributed by atoms with E-state index < -0.39 is 0 Å². The van der Waals surface area contributed by atoms with E-state index in [9.17, 15) is 4.79 Å². The highest BCUT2D eigenvalue weighted by atomic mass is 35.5. The summed E-state index contributed by atoms with van der Waals surface area (Å²) in [5, 5.41) is 8.00. The van der Waals surface area contributed by atoms with E-state index in [0.717, 1.165) is 30.0 Å². The van der Waals surface area contributed by atoms with Crippen LogP contribution < -0.4 is 5.32 Å². The average molecular weight is 331 g/mol. The fourth-order valence-electron chi connectivity index (χ4n) is 3.63. The molecule has 2 aromatic rings. The minimum Gasteiger partial charge on any atom is -0.332 e. The summed E-state index contributed by atoms with van der Waals surface area (Å²) in [6.45, 7) is 3.31. The van der Waals surface area contributed by atoms with Crippen molar-refractivity contribution in [1.29, 1.82) is 0 Å². The van der Waals surface area contributed by atoms with Gasteiger partial charge in [0.15, 0.2) is 0 Å². The molecule has 1 amide bonds. The van der Waals surface area contributed by atoms with Gasteiger partial charge in [0, 0.05) is 35.9 Å². The molecule has 0 saturated carbocycles. The monoisotopic (exact) mass is 330 g/mol. The van der Waals surface area contributed by atoms with Gasteiger partial charge < -0.3 is 10.2 Å². The van der Waals surface area contributed by atoms with E-state index >= 15 is 0 Å². The Morgan fingerprint density at radius 3 is 2.83 bits per heavy atom. The molecule has 3 atom stereocenters. The van der Waals surface area contributed by atoms with Gasteiger partial charge in [-0.3, -0.25) is 0 Å². The summed E-state index contributed by atoms with van der Waals surface area (Å²) in [4.78, 5) is 14.8. The van der Waals surface area contributed by atoms with Crippen LogP contribution in [0.4, 0.5) is 4.79 Å². The molecule has 5 nitrogen and oxygen atoms in total. The number of hydrogen-bond donors (Lipinski definition) is 1. The lowest BCUT2D eigenvalue weighted by Crippen LogP contribution is -2.48. The van der Waals surface area contributed by atoms with Crippen LogP contribution in [0.5, 0.6) is 0 Å². The highest BCUT2D eigenvalue weighted by Crippen LogP contribution is 2.27. The first-order valence-electron chi connectivity index (χ1n) is 8.01. The molecule has 1 aromatic carbocycles. The molecule has 6 heteroatoms. The molecule has 3 heterocycles. The van der Waals surface area contributed by atoms with Gasteiger partial charge in [-0.15, -0.1) is 0 Å². The van der Waals surface area contributed by atoms with Crippen molar-refractivity contribution in [2.75, 3.05) is 19.6 Å². The van der Waals surface area contributed by atoms with Gasteiger partial charge in [0.2, 0.25) is 0 Å². The lowest BCUT2D eigenvalue weighted by Gasteiger charge is -2.30. The maximum atomic E-state index is 12.4. The number of nitrogens with zero attached hydrogens (tertiary/aromatic N) is 3. The molecule has 2 bridgehead atoms. The zero-order valence-electron chi connectivity index (χ0n) is 12.8. The number of aromatic nitrogens is 2. The van der Waals surface area contributed by atoms with E-state index in [4.69, 9.17) is 11.6 Å². The Morgan fingerprint density at radius 2 is 2.04 bits per heavy atom. The summed E-state index contributed by atoms with van der Waals surface area (Å²) >= 11 is 5.90. The number of carbonyl (C=O) groups excluding carboxylic acids is 1. The number of piperidine rings is 1. The highest BCUT2D eigenvalue weighted by Gasteiger charge is 2.33. The Kier molecular flexibility index (Phi) is 3.83. The van der Waals surface area contributed by atoms with Crippen molar-refractivity contribution in [3.63, 3.8) is 0 Å². The van der Waals surface area contributed by atoms with Gasteiger partial charge in [-0.05, 0) is 43.0 Å². The zero-order valence-corrected chi connectivity index (χ0v) is 13.5. The van der Waals surface area contributed by atoms with E-state index in [1.807, 2.05) is 24.3 Å². The van der Waals surface area contributed by atoms with E-state index in [0.29, 0.717) is 5.02 Å². The van der Waals surface area contributed by atoms with E-state index in [1.165, 1.54) is 24.2 Å².